The lowest BCUT2D eigenvalue weighted by molar-refractivity contribution is 0.454. The Labute approximate surface area is 108 Å². The first-order valence-electron chi connectivity index (χ1n) is 6.33. The van der Waals surface area contributed by atoms with Crippen LogP contribution in [0.1, 0.15) is 32.6 Å². The lowest BCUT2D eigenvalue weighted by atomic mass is 10.1. The van der Waals surface area contributed by atoms with Gasteiger partial charge in [-0.1, -0.05) is 31.9 Å². The maximum Gasteiger partial charge on any atom is 0.244 e. The number of hydrogen-bond donors (Lipinski definition) is 2. The summed E-state index contributed by atoms with van der Waals surface area (Å²) in [5, 5.41) is 9.61. The van der Waals surface area contributed by atoms with E-state index in [0.717, 1.165) is 12.8 Å². The van der Waals surface area contributed by atoms with E-state index in [-0.39, 0.29) is 16.7 Å². The Balaban J connectivity index is 2.12. The Morgan fingerprint density at radius 3 is 2.61 bits per heavy atom. The smallest absolute Gasteiger partial charge is 0.244 e. The molecule has 0 saturated heterocycles. The van der Waals surface area contributed by atoms with Crippen molar-refractivity contribution in [2.75, 3.05) is 0 Å². The molecule has 4 nitrogen and oxygen atoms in total. The molecule has 0 aromatic heterocycles. The van der Waals surface area contributed by atoms with Crippen LogP contribution in [0.4, 0.5) is 0 Å². The molecule has 2 rings (SSSR count). The van der Waals surface area contributed by atoms with E-state index in [4.69, 9.17) is 0 Å². The first-order chi connectivity index (χ1) is 8.53. The van der Waals surface area contributed by atoms with Crippen molar-refractivity contribution in [3.63, 3.8) is 0 Å². The van der Waals surface area contributed by atoms with Crippen molar-refractivity contribution in [2.24, 2.45) is 5.92 Å². The Morgan fingerprint density at radius 2 is 2.06 bits per heavy atom. The fourth-order valence-corrected chi connectivity index (χ4v) is 3.45. The van der Waals surface area contributed by atoms with Gasteiger partial charge in [-0.3, -0.25) is 0 Å². The van der Waals surface area contributed by atoms with Crippen LogP contribution in [0.3, 0.4) is 0 Å². The number of hydrogen-bond acceptors (Lipinski definition) is 3. The van der Waals surface area contributed by atoms with E-state index in [9.17, 15) is 13.5 Å². The molecular weight excluding hydrogens is 250 g/mol. The molecule has 5 heteroatoms. The minimum absolute atomic E-state index is 0.0397. The van der Waals surface area contributed by atoms with Gasteiger partial charge < -0.3 is 5.11 Å². The number of benzene rings is 1. The molecule has 18 heavy (non-hydrogen) atoms. The molecule has 1 aromatic rings. The van der Waals surface area contributed by atoms with Crippen molar-refractivity contribution in [3.05, 3.63) is 24.3 Å². The highest BCUT2D eigenvalue weighted by Gasteiger charge is 2.28. The minimum Gasteiger partial charge on any atom is -0.507 e. The third kappa shape index (κ3) is 3.23. The highest BCUT2D eigenvalue weighted by atomic mass is 32.2. The highest BCUT2D eigenvalue weighted by molar-refractivity contribution is 7.89. The summed E-state index contributed by atoms with van der Waals surface area (Å²) in [4.78, 5) is -0.0424. The van der Waals surface area contributed by atoms with Gasteiger partial charge in [0.2, 0.25) is 10.0 Å². The van der Waals surface area contributed by atoms with Crippen molar-refractivity contribution in [2.45, 2.75) is 43.5 Å². The lowest BCUT2D eigenvalue weighted by Gasteiger charge is -2.17. The zero-order valence-electron chi connectivity index (χ0n) is 10.5. The van der Waals surface area contributed by atoms with E-state index in [0.29, 0.717) is 5.92 Å². The second-order valence-electron chi connectivity index (χ2n) is 4.87. The van der Waals surface area contributed by atoms with Gasteiger partial charge in [-0.15, -0.1) is 0 Å². The number of rotatable bonds is 6. The molecule has 2 N–H and O–H groups in total. The molecule has 1 aliphatic carbocycles. The van der Waals surface area contributed by atoms with Gasteiger partial charge in [-0.25, -0.2) is 13.1 Å². The predicted molar refractivity (Wildman–Crippen MR) is 69.8 cm³/mol. The summed E-state index contributed by atoms with van der Waals surface area (Å²) in [6, 6.07) is 5.98. The average Bonchev–Trinajstić information content (AvgIpc) is 3.12. The van der Waals surface area contributed by atoms with Crippen LogP contribution in [-0.4, -0.2) is 19.6 Å². The zero-order valence-corrected chi connectivity index (χ0v) is 11.3. The molecule has 1 fully saturated rings. The molecule has 0 amide bonds. The fourth-order valence-electron chi connectivity index (χ4n) is 2.02. The van der Waals surface area contributed by atoms with E-state index in [1.807, 2.05) is 6.92 Å². The quantitative estimate of drug-likeness (QED) is 0.832. The van der Waals surface area contributed by atoms with Gasteiger partial charge in [0.15, 0.2) is 0 Å². The summed E-state index contributed by atoms with van der Waals surface area (Å²) in [7, 11) is -3.62. The largest absolute Gasteiger partial charge is 0.507 e. The molecule has 1 aliphatic rings. The lowest BCUT2D eigenvalue weighted by Crippen LogP contribution is -2.34. The van der Waals surface area contributed by atoms with E-state index >= 15 is 0 Å². The molecule has 0 radical (unpaired) electrons. The zero-order chi connectivity index (χ0) is 13.2. The molecule has 0 bridgehead atoms. The monoisotopic (exact) mass is 269 g/mol. The third-order valence-corrected chi connectivity index (χ3v) is 4.85. The highest BCUT2D eigenvalue weighted by Crippen LogP contribution is 2.34. The predicted octanol–water partition coefficient (Wildman–Crippen LogP) is 2.25. The van der Waals surface area contributed by atoms with E-state index in [1.165, 1.54) is 25.0 Å². The van der Waals surface area contributed by atoms with Gasteiger partial charge in [0.05, 0.1) is 0 Å². The van der Waals surface area contributed by atoms with Gasteiger partial charge in [0.25, 0.3) is 0 Å². The van der Waals surface area contributed by atoms with Crippen LogP contribution < -0.4 is 4.72 Å². The van der Waals surface area contributed by atoms with Crippen LogP contribution in [0.25, 0.3) is 0 Å². The second-order valence-corrected chi connectivity index (χ2v) is 6.56. The molecule has 100 valence electrons. The van der Waals surface area contributed by atoms with Crippen LogP contribution in [0.5, 0.6) is 5.75 Å². The number of phenols is 1. The average molecular weight is 269 g/mol. The van der Waals surface area contributed by atoms with Crippen LogP contribution in [0.15, 0.2) is 29.2 Å². The van der Waals surface area contributed by atoms with Crippen molar-refractivity contribution in [1.29, 1.82) is 0 Å². The molecule has 1 atom stereocenters. The number of phenolic OH excluding ortho intramolecular Hbond substituents is 1. The summed E-state index contributed by atoms with van der Waals surface area (Å²) < 4.78 is 27.0. The number of para-hydroxylation sites is 1. The second kappa shape index (κ2) is 5.28. The first kappa shape index (κ1) is 13.4. The first-order valence-corrected chi connectivity index (χ1v) is 7.81. The van der Waals surface area contributed by atoms with E-state index in [1.54, 1.807) is 12.1 Å². The molecular formula is C13H19NO3S. The summed E-state index contributed by atoms with van der Waals surface area (Å²) in [6.45, 7) is 1.97. The van der Waals surface area contributed by atoms with Gasteiger partial charge >= 0.3 is 0 Å². The maximum absolute atomic E-state index is 12.2. The van der Waals surface area contributed by atoms with Crippen molar-refractivity contribution in [1.82, 2.24) is 4.72 Å². The van der Waals surface area contributed by atoms with Gasteiger partial charge in [-0.05, 0) is 30.9 Å². The van der Waals surface area contributed by atoms with Crippen molar-refractivity contribution >= 4 is 10.0 Å². The van der Waals surface area contributed by atoms with Crippen molar-refractivity contribution in [3.8, 4) is 5.75 Å². The molecule has 1 saturated carbocycles. The Morgan fingerprint density at radius 1 is 1.39 bits per heavy atom. The summed E-state index contributed by atoms with van der Waals surface area (Å²) in [6.07, 6.45) is 4.07. The van der Waals surface area contributed by atoms with Gasteiger partial charge in [-0.2, -0.15) is 0 Å². The van der Waals surface area contributed by atoms with Gasteiger partial charge in [0.1, 0.15) is 10.6 Å². The summed E-state index contributed by atoms with van der Waals surface area (Å²) >= 11 is 0. The van der Waals surface area contributed by atoms with Crippen LogP contribution in [0.2, 0.25) is 0 Å². The minimum atomic E-state index is -3.62. The van der Waals surface area contributed by atoms with Crippen molar-refractivity contribution < 1.29 is 13.5 Å². The van der Waals surface area contributed by atoms with Gasteiger partial charge in [0, 0.05) is 6.04 Å². The Hall–Kier alpha value is -1.07. The normalized spacial score (nSPS) is 17.6. The Kier molecular flexibility index (Phi) is 3.92. The summed E-state index contributed by atoms with van der Waals surface area (Å²) in [5.74, 6) is 0.466. The topological polar surface area (TPSA) is 66.4 Å². The number of sulfonamides is 1. The maximum atomic E-state index is 12.2. The third-order valence-electron chi connectivity index (χ3n) is 3.28. The standard InChI is InChI=1S/C13H19NO3S/c1-2-11(9-10-7-8-10)14-18(16,17)13-6-4-3-5-12(13)15/h3-6,10-11,14-15H,2,7-9H2,1H3. The molecule has 1 unspecified atom stereocenters. The summed E-state index contributed by atoms with van der Waals surface area (Å²) in [5.41, 5.74) is 0. The fraction of sp³-hybridized carbons (Fsp3) is 0.538. The molecule has 0 aliphatic heterocycles. The van der Waals surface area contributed by atoms with E-state index < -0.39 is 10.0 Å². The molecule has 1 aromatic carbocycles. The molecule has 0 spiro atoms. The number of aromatic hydroxyl groups is 1. The molecule has 0 heterocycles. The Bertz CT molecular complexity index is 509. The van der Waals surface area contributed by atoms with Crippen LogP contribution >= 0.6 is 0 Å². The van der Waals surface area contributed by atoms with E-state index in [2.05, 4.69) is 4.72 Å². The van der Waals surface area contributed by atoms with Crippen LogP contribution in [-0.2, 0) is 10.0 Å². The number of nitrogens with one attached hydrogen (secondary N) is 1. The SMILES string of the molecule is CCC(CC1CC1)NS(=O)(=O)c1ccccc1O. The van der Waals surface area contributed by atoms with Crippen LogP contribution in [0, 0.1) is 5.92 Å².